The lowest BCUT2D eigenvalue weighted by atomic mass is 10.2. The van der Waals surface area contributed by atoms with Gasteiger partial charge in [-0.2, -0.15) is 0 Å². The number of amides is 2. The first kappa shape index (κ1) is 14.0. The van der Waals surface area contributed by atoms with E-state index in [1.807, 2.05) is 0 Å². The summed E-state index contributed by atoms with van der Waals surface area (Å²) < 4.78 is 13.0. The Kier molecular flexibility index (Phi) is 4.65. The predicted molar refractivity (Wildman–Crippen MR) is 65.0 cm³/mol. The Morgan fingerprint density at radius 1 is 1.50 bits per heavy atom. The molecule has 0 aliphatic heterocycles. The van der Waals surface area contributed by atoms with Crippen molar-refractivity contribution in [2.45, 2.75) is 19.4 Å². The summed E-state index contributed by atoms with van der Waals surface area (Å²) in [5.41, 5.74) is 0.398. The minimum Gasteiger partial charge on any atom is -0.481 e. The fourth-order valence-electron chi connectivity index (χ4n) is 1.42. The van der Waals surface area contributed by atoms with E-state index in [-0.39, 0.29) is 6.42 Å². The van der Waals surface area contributed by atoms with Gasteiger partial charge in [0.15, 0.2) is 0 Å². The van der Waals surface area contributed by atoms with Crippen molar-refractivity contribution in [1.82, 2.24) is 5.32 Å². The van der Waals surface area contributed by atoms with E-state index in [9.17, 15) is 14.0 Å². The van der Waals surface area contributed by atoms with Crippen LogP contribution in [0.25, 0.3) is 0 Å². The van der Waals surface area contributed by atoms with Gasteiger partial charge in [0.2, 0.25) is 0 Å². The van der Waals surface area contributed by atoms with Gasteiger partial charge in [0.25, 0.3) is 0 Å². The number of aliphatic carboxylic acids is 1. The molecule has 5 nitrogen and oxygen atoms in total. The second kappa shape index (κ2) is 6.00. The van der Waals surface area contributed by atoms with Crippen molar-refractivity contribution in [1.29, 1.82) is 0 Å². The average Bonchev–Trinajstić information content (AvgIpc) is 2.26. The maximum Gasteiger partial charge on any atom is 0.321 e. The van der Waals surface area contributed by atoms with Crippen LogP contribution in [-0.2, 0) is 4.79 Å². The molecule has 98 valence electrons. The van der Waals surface area contributed by atoms with E-state index in [1.54, 1.807) is 13.0 Å². The van der Waals surface area contributed by atoms with Crippen LogP contribution in [0.3, 0.4) is 0 Å². The number of carboxylic acids is 1. The molecule has 0 aliphatic carbocycles. The van der Waals surface area contributed by atoms with Crippen molar-refractivity contribution in [3.05, 3.63) is 30.1 Å². The number of carbonyl (C=O) groups excluding carboxylic acids is 1. The average molecular weight is 254 g/mol. The molecule has 1 rings (SSSR count). The second-order valence-electron chi connectivity index (χ2n) is 3.99. The highest BCUT2D eigenvalue weighted by molar-refractivity contribution is 5.91. The zero-order valence-electron chi connectivity index (χ0n) is 10.2. The van der Waals surface area contributed by atoms with E-state index in [2.05, 4.69) is 5.32 Å². The quantitative estimate of drug-likeness (QED) is 0.861. The molecule has 2 amide bonds. The van der Waals surface area contributed by atoms with Gasteiger partial charge in [-0.3, -0.25) is 9.69 Å². The maximum atomic E-state index is 13.0. The fraction of sp³-hybridized carbons (Fsp3) is 0.333. The van der Waals surface area contributed by atoms with Crippen LogP contribution in [0, 0.1) is 5.82 Å². The lowest BCUT2D eigenvalue weighted by molar-refractivity contribution is -0.137. The van der Waals surface area contributed by atoms with Crippen molar-refractivity contribution in [2.75, 3.05) is 11.9 Å². The van der Waals surface area contributed by atoms with Gasteiger partial charge in [0.05, 0.1) is 6.42 Å². The van der Waals surface area contributed by atoms with Gasteiger partial charge in [0, 0.05) is 18.8 Å². The van der Waals surface area contributed by atoms with Crippen LogP contribution in [0.15, 0.2) is 24.3 Å². The molecule has 0 fully saturated rings. The Morgan fingerprint density at radius 3 is 2.72 bits per heavy atom. The highest BCUT2D eigenvalue weighted by Crippen LogP contribution is 2.13. The van der Waals surface area contributed by atoms with Crippen molar-refractivity contribution in [3.63, 3.8) is 0 Å². The highest BCUT2D eigenvalue weighted by Gasteiger charge is 2.15. The molecule has 1 aromatic carbocycles. The molecule has 0 saturated carbocycles. The molecule has 1 unspecified atom stereocenters. The zero-order chi connectivity index (χ0) is 13.7. The molecular weight excluding hydrogens is 239 g/mol. The number of nitrogens with one attached hydrogen (secondary N) is 1. The molecule has 1 aromatic rings. The Balaban J connectivity index is 2.64. The zero-order valence-corrected chi connectivity index (χ0v) is 10.2. The van der Waals surface area contributed by atoms with Crippen LogP contribution in [-0.4, -0.2) is 30.2 Å². The number of rotatable bonds is 4. The summed E-state index contributed by atoms with van der Waals surface area (Å²) in [5, 5.41) is 11.1. The molecule has 0 saturated heterocycles. The van der Waals surface area contributed by atoms with E-state index >= 15 is 0 Å². The number of nitrogens with zero attached hydrogens (tertiary/aromatic N) is 1. The summed E-state index contributed by atoms with van der Waals surface area (Å²) in [7, 11) is 1.48. The summed E-state index contributed by atoms with van der Waals surface area (Å²) in [4.78, 5) is 23.4. The summed E-state index contributed by atoms with van der Waals surface area (Å²) in [6.45, 7) is 1.59. The number of hydrogen-bond acceptors (Lipinski definition) is 2. The van der Waals surface area contributed by atoms with E-state index in [1.165, 1.54) is 30.1 Å². The number of anilines is 1. The van der Waals surface area contributed by atoms with Crippen LogP contribution in [0.1, 0.15) is 13.3 Å². The molecule has 18 heavy (non-hydrogen) atoms. The molecule has 0 bridgehead atoms. The second-order valence-corrected chi connectivity index (χ2v) is 3.99. The molecule has 2 N–H and O–H groups in total. The topological polar surface area (TPSA) is 69.6 Å². The Bertz CT molecular complexity index is 451. The van der Waals surface area contributed by atoms with Gasteiger partial charge >= 0.3 is 12.0 Å². The molecule has 0 aliphatic rings. The summed E-state index contributed by atoms with van der Waals surface area (Å²) in [6, 6.07) is 4.61. The van der Waals surface area contributed by atoms with Crippen molar-refractivity contribution < 1.29 is 19.1 Å². The molecule has 6 heteroatoms. The van der Waals surface area contributed by atoms with Crippen LogP contribution >= 0.6 is 0 Å². The number of carboxylic acid groups (broad SMARTS) is 1. The third kappa shape index (κ3) is 4.04. The standard InChI is InChI=1S/C12H15FN2O3/c1-8(6-11(16)17)14-12(18)15(2)10-5-3-4-9(13)7-10/h3-5,7-8H,6H2,1-2H3,(H,14,18)(H,16,17). The van der Waals surface area contributed by atoms with Gasteiger partial charge in [-0.15, -0.1) is 0 Å². The molecule has 0 heterocycles. The van der Waals surface area contributed by atoms with Crippen molar-refractivity contribution in [2.24, 2.45) is 0 Å². The van der Waals surface area contributed by atoms with Crippen LogP contribution in [0.2, 0.25) is 0 Å². The molecule has 0 spiro atoms. The van der Waals surface area contributed by atoms with Gasteiger partial charge in [-0.1, -0.05) is 6.07 Å². The summed E-state index contributed by atoms with van der Waals surface area (Å²) in [6.07, 6.45) is -0.164. The largest absolute Gasteiger partial charge is 0.481 e. The Morgan fingerprint density at radius 2 is 2.17 bits per heavy atom. The smallest absolute Gasteiger partial charge is 0.321 e. The first-order chi connectivity index (χ1) is 8.40. The molecule has 0 aromatic heterocycles. The summed E-state index contributed by atoms with van der Waals surface area (Å²) in [5.74, 6) is -1.43. The van der Waals surface area contributed by atoms with Crippen LogP contribution in [0.4, 0.5) is 14.9 Å². The Hall–Kier alpha value is -2.11. The third-order valence-electron chi connectivity index (χ3n) is 2.35. The number of hydrogen-bond donors (Lipinski definition) is 2. The molecular formula is C12H15FN2O3. The van der Waals surface area contributed by atoms with Crippen LogP contribution < -0.4 is 10.2 Å². The fourth-order valence-corrected chi connectivity index (χ4v) is 1.42. The highest BCUT2D eigenvalue weighted by atomic mass is 19.1. The van der Waals surface area contributed by atoms with E-state index in [0.29, 0.717) is 5.69 Å². The summed E-state index contributed by atoms with van der Waals surface area (Å²) >= 11 is 0. The first-order valence-corrected chi connectivity index (χ1v) is 5.41. The SMILES string of the molecule is CC(CC(=O)O)NC(=O)N(C)c1cccc(F)c1. The molecule has 1 atom stereocenters. The van der Waals surface area contributed by atoms with Gasteiger partial charge in [-0.05, 0) is 25.1 Å². The lowest BCUT2D eigenvalue weighted by Gasteiger charge is -2.20. The number of halogens is 1. The minimum absolute atomic E-state index is 0.164. The monoisotopic (exact) mass is 254 g/mol. The van der Waals surface area contributed by atoms with Crippen molar-refractivity contribution >= 4 is 17.7 Å². The maximum absolute atomic E-state index is 13.0. The molecule has 0 radical (unpaired) electrons. The Labute approximate surface area is 104 Å². The lowest BCUT2D eigenvalue weighted by Crippen LogP contribution is -2.42. The van der Waals surface area contributed by atoms with E-state index in [4.69, 9.17) is 5.11 Å². The van der Waals surface area contributed by atoms with E-state index < -0.39 is 23.9 Å². The minimum atomic E-state index is -0.990. The van der Waals surface area contributed by atoms with Gasteiger partial charge in [0.1, 0.15) is 5.82 Å². The third-order valence-corrected chi connectivity index (χ3v) is 2.35. The number of urea groups is 1. The van der Waals surface area contributed by atoms with E-state index in [0.717, 1.165) is 0 Å². The van der Waals surface area contributed by atoms with Gasteiger partial charge in [-0.25, -0.2) is 9.18 Å². The normalized spacial score (nSPS) is 11.7. The number of carbonyl (C=O) groups is 2. The van der Waals surface area contributed by atoms with Gasteiger partial charge < -0.3 is 10.4 Å². The number of benzene rings is 1. The first-order valence-electron chi connectivity index (χ1n) is 5.41. The van der Waals surface area contributed by atoms with Crippen LogP contribution in [0.5, 0.6) is 0 Å². The van der Waals surface area contributed by atoms with Crippen molar-refractivity contribution in [3.8, 4) is 0 Å². The predicted octanol–water partition coefficient (Wildman–Crippen LogP) is 1.83.